The Bertz CT molecular complexity index is 387. The van der Waals surface area contributed by atoms with Crippen LogP contribution in [0.5, 0.6) is 0 Å². The number of rotatable bonds is 7. The molecule has 0 unspecified atom stereocenters. The molecule has 0 aromatic heterocycles. The molecule has 0 spiro atoms. The molecule has 2 N–H and O–H groups in total. The maximum Gasteiger partial charge on any atom is 0.253 e. The molecular weight excluding hydrogens is 238 g/mol. The van der Waals surface area contributed by atoms with E-state index in [9.17, 15) is 4.79 Å². The molecule has 0 atom stereocenters. The normalized spacial score (nSPS) is 10.3. The van der Waals surface area contributed by atoms with Crippen LogP contribution in [0.3, 0.4) is 0 Å². The van der Waals surface area contributed by atoms with Gasteiger partial charge in [-0.05, 0) is 43.7 Å². The molecule has 0 saturated heterocycles. The lowest BCUT2D eigenvalue weighted by Crippen LogP contribution is -2.33. The third kappa shape index (κ3) is 4.56. The number of nitrogens with two attached hydrogens (primary N) is 1. The summed E-state index contributed by atoms with van der Waals surface area (Å²) in [5, 5.41) is 0. The fourth-order valence-corrected chi connectivity index (χ4v) is 1.95. The van der Waals surface area contributed by atoms with Gasteiger partial charge in [-0.1, -0.05) is 6.92 Å². The number of amides is 1. The third-order valence-electron chi connectivity index (χ3n) is 3.04. The number of benzene rings is 1. The van der Waals surface area contributed by atoms with E-state index in [4.69, 9.17) is 5.73 Å². The predicted octanol–water partition coefficient (Wildman–Crippen LogP) is 1.95. The van der Waals surface area contributed by atoms with Crippen LogP contribution in [0.4, 0.5) is 5.69 Å². The Balaban J connectivity index is 2.77. The highest BCUT2D eigenvalue weighted by molar-refractivity contribution is 5.94. The number of anilines is 1. The van der Waals surface area contributed by atoms with Crippen LogP contribution in [0.2, 0.25) is 0 Å². The van der Waals surface area contributed by atoms with Gasteiger partial charge in [0.1, 0.15) is 0 Å². The molecule has 4 nitrogen and oxygen atoms in total. The van der Waals surface area contributed by atoms with Crippen molar-refractivity contribution in [1.82, 2.24) is 4.90 Å². The van der Waals surface area contributed by atoms with Crippen LogP contribution in [0, 0.1) is 0 Å². The Labute approximate surface area is 116 Å². The highest BCUT2D eigenvalue weighted by Gasteiger charge is 2.14. The summed E-state index contributed by atoms with van der Waals surface area (Å²) in [6, 6.07) is 7.73. The number of carbonyl (C=O) groups excluding carboxylic acids is 1. The second-order valence-electron chi connectivity index (χ2n) is 4.88. The van der Waals surface area contributed by atoms with Crippen molar-refractivity contribution in [1.29, 1.82) is 0 Å². The van der Waals surface area contributed by atoms with Crippen LogP contribution < -0.4 is 10.6 Å². The average Bonchev–Trinajstić information content (AvgIpc) is 2.42. The molecule has 106 valence electrons. The van der Waals surface area contributed by atoms with Crippen LogP contribution in [0.1, 0.15) is 30.1 Å². The fraction of sp³-hybridized carbons (Fsp3) is 0.533. The molecule has 1 aromatic carbocycles. The van der Waals surface area contributed by atoms with Gasteiger partial charge < -0.3 is 15.5 Å². The second kappa shape index (κ2) is 7.79. The molecule has 0 saturated carbocycles. The van der Waals surface area contributed by atoms with Crippen LogP contribution >= 0.6 is 0 Å². The lowest BCUT2D eigenvalue weighted by atomic mass is 10.1. The zero-order valence-corrected chi connectivity index (χ0v) is 12.2. The number of nitrogens with zero attached hydrogens (tertiary/aromatic N) is 2. The zero-order chi connectivity index (χ0) is 14.3. The van der Waals surface area contributed by atoms with E-state index in [1.807, 2.05) is 48.2 Å². The fourth-order valence-electron chi connectivity index (χ4n) is 1.95. The van der Waals surface area contributed by atoms with E-state index in [1.165, 1.54) is 0 Å². The molecular formula is C15H25N3O. The maximum absolute atomic E-state index is 12.4. The first-order chi connectivity index (χ1) is 9.10. The first-order valence-electron chi connectivity index (χ1n) is 6.86. The van der Waals surface area contributed by atoms with Crippen molar-refractivity contribution in [2.45, 2.75) is 19.8 Å². The first kappa shape index (κ1) is 15.5. The molecule has 19 heavy (non-hydrogen) atoms. The molecule has 4 heteroatoms. The Kier molecular flexibility index (Phi) is 6.36. The average molecular weight is 263 g/mol. The van der Waals surface area contributed by atoms with E-state index in [0.29, 0.717) is 6.54 Å². The van der Waals surface area contributed by atoms with Crippen molar-refractivity contribution in [3.8, 4) is 0 Å². The summed E-state index contributed by atoms with van der Waals surface area (Å²) in [5.74, 6) is 0.0978. The minimum absolute atomic E-state index is 0.0978. The van der Waals surface area contributed by atoms with Crippen molar-refractivity contribution in [3.05, 3.63) is 29.8 Å². The monoisotopic (exact) mass is 263 g/mol. The number of hydrogen-bond acceptors (Lipinski definition) is 3. The summed E-state index contributed by atoms with van der Waals surface area (Å²) in [6.07, 6.45) is 1.81. The SMILES string of the molecule is CCCN(CCCN)C(=O)c1ccc(N(C)C)cc1. The lowest BCUT2D eigenvalue weighted by molar-refractivity contribution is 0.0754. The minimum Gasteiger partial charge on any atom is -0.378 e. The van der Waals surface area contributed by atoms with Crippen LogP contribution in [0.15, 0.2) is 24.3 Å². The van der Waals surface area contributed by atoms with Gasteiger partial charge in [-0.3, -0.25) is 4.79 Å². The quantitative estimate of drug-likeness (QED) is 0.818. The molecule has 0 heterocycles. The molecule has 1 rings (SSSR count). The highest BCUT2D eigenvalue weighted by Crippen LogP contribution is 2.14. The summed E-state index contributed by atoms with van der Waals surface area (Å²) < 4.78 is 0. The van der Waals surface area contributed by atoms with E-state index in [-0.39, 0.29) is 5.91 Å². The van der Waals surface area contributed by atoms with Gasteiger partial charge in [0, 0.05) is 38.4 Å². The van der Waals surface area contributed by atoms with Crippen LogP contribution in [-0.4, -0.2) is 44.5 Å². The van der Waals surface area contributed by atoms with Crippen molar-refractivity contribution in [2.75, 3.05) is 38.6 Å². The van der Waals surface area contributed by atoms with Gasteiger partial charge >= 0.3 is 0 Å². The Morgan fingerprint density at radius 3 is 2.26 bits per heavy atom. The summed E-state index contributed by atoms with van der Waals surface area (Å²) in [5.41, 5.74) is 7.37. The summed E-state index contributed by atoms with van der Waals surface area (Å²) in [7, 11) is 3.98. The van der Waals surface area contributed by atoms with E-state index in [2.05, 4.69) is 6.92 Å². The number of hydrogen-bond donors (Lipinski definition) is 1. The molecule has 1 amide bonds. The van der Waals surface area contributed by atoms with Gasteiger partial charge in [0.05, 0.1) is 0 Å². The van der Waals surface area contributed by atoms with Gasteiger partial charge in [-0.2, -0.15) is 0 Å². The summed E-state index contributed by atoms with van der Waals surface area (Å²) >= 11 is 0. The Hall–Kier alpha value is -1.55. The standard InChI is InChI=1S/C15H25N3O/c1-4-11-18(12-5-10-16)15(19)13-6-8-14(9-7-13)17(2)3/h6-9H,4-5,10-12,16H2,1-3H3. The highest BCUT2D eigenvalue weighted by atomic mass is 16.2. The van der Waals surface area contributed by atoms with Crippen molar-refractivity contribution in [3.63, 3.8) is 0 Å². The van der Waals surface area contributed by atoms with Crippen LogP contribution in [-0.2, 0) is 0 Å². The van der Waals surface area contributed by atoms with E-state index >= 15 is 0 Å². The van der Waals surface area contributed by atoms with Crippen LogP contribution in [0.25, 0.3) is 0 Å². The smallest absolute Gasteiger partial charge is 0.253 e. The van der Waals surface area contributed by atoms with Crippen molar-refractivity contribution >= 4 is 11.6 Å². The van der Waals surface area contributed by atoms with Crippen molar-refractivity contribution in [2.24, 2.45) is 5.73 Å². The van der Waals surface area contributed by atoms with E-state index in [0.717, 1.165) is 37.2 Å². The van der Waals surface area contributed by atoms with E-state index < -0.39 is 0 Å². The number of carbonyl (C=O) groups is 1. The molecule has 0 radical (unpaired) electrons. The van der Waals surface area contributed by atoms with Crippen molar-refractivity contribution < 1.29 is 4.79 Å². The minimum atomic E-state index is 0.0978. The first-order valence-corrected chi connectivity index (χ1v) is 6.86. The van der Waals surface area contributed by atoms with Gasteiger partial charge in [-0.15, -0.1) is 0 Å². The maximum atomic E-state index is 12.4. The van der Waals surface area contributed by atoms with Gasteiger partial charge in [-0.25, -0.2) is 0 Å². The predicted molar refractivity (Wildman–Crippen MR) is 80.6 cm³/mol. The topological polar surface area (TPSA) is 49.6 Å². The molecule has 0 bridgehead atoms. The Morgan fingerprint density at radius 2 is 1.79 bits per heavy atom. The molecule has 0 aliphatic carbocycles. The third-order valence-corrected chi connectivity index (χ3v) is 3.04. The molecule has 1 aromatic rings. The largest absolute Gasteiger partial charge is 0.378 e. The molecule has 0 aliphatic rings. The van der Waals surface area contributed by atoms with Gasteiger partial charge in [0.2, 0.25) is 0 Å². The Morgan fingerprint density at radius 1 is 1.16 bits per heavy atom. The van der Waals surface area contributed by atoms with Gasteiger partial charge in [0.25, 0.3) is 5.91 Å². The summed E-state index contributed by atoms with van der Waals surface area (Å²) in [4.78, 5) is 16.3. The molecule has 0 fully saturated rings. The summed E-state index contributed by atoms with van der Waals surface area (Å²) in [6.45, 7) is 4.22. The van der Waals surface area contributed by atoms with E-state index in [1.54, 1.807) is 0 Å². The molecule has 0 aliphatic heterocycles. The second-order valence-corrected chi connectivity index (χ2v) is 4.88. The zero-order valence-electron chi connectivity index (χ0n) is 12.2. The lowest BCUT2D eigenvalue weighted by Gasteiger charge is -2.22. The van der Waals surface area contributed by atoms with Gasteiger partial charge in [0.15, 0.2) is 0 Å².